The fraction of sp³-hybridized carbons (Fsp3) is 0.278. The summed E-state index contributed by atoms with van der Waals surface area (Å²) < 4.78 is 5.38. The van der Waals surface area contributed by atoms with E-state index in [2.05, 4.69) is 17.4 Å². The number of hydrogen-bond acceptors (Lipinski definition) is 2. The maximum Gasteiger partial charge on any atom is 0.224 e. The Balaban J connectivity index is 1.59. The molecule has 1 fully saturated rings. The van der Waals surface area contributed by atoms with Crippen LogP contribution in [0, 0.1) is 0 Å². The number of epoxide rings is 1. The lowest BCUT2D eigenvalue weighted by atomic mass is 10.0. The minimum atomic E-state index is 0.0534. The van der Waals surface area contributed by atoms with E-state index in [0.29, 0.717) is 6.42 Å². The van der Waals surface area contributed by atoms with Crippen LogP contribution < -0.4 is 5.32 Å². The summed E-state index contributed by atoms with van der Waals surface area (Å²) in [5.41, 5.74) is 2.25. The molecule has 0 aromatic heterocycles. The number of carbonyl (C=O) groups excluding carboxylic acids is 1. The van der Waals surface area contributed by atoms with Gasteiger partial charge in [-0.25, -0.2) is 0 Å². The Morgan fingerprint density at radius 2 is 1.62 bits per heavy atom. The van der Waals surface area contributed by atoms with Gasteiger partial charge in [0, 0.05) is 0 Å². The summed E-state index contributed by atoms with van der Waals surface area (Å²) in [7, 11) is 0. The first-order valence-corrected chi connectivity index (χ1v) is 7.30. The third kappa shape index (κ3) is 4.17. The Kier molecular flexibility index (Phi) is 4.31. The van der Waals surface area contributed by atoms with Crippen LogP contribution in [0.25, 0.3) is 0 Å². The Hall–Kier alpha value is -2.13. The molecule has 1 aliphatic rings. The van der Waals surface area contributed by atoms with Crippen molar-refractivity contribution in [3.63, 3.8) is 0 Å². The second-order valence-corrected chi connectivity index (χ2v) is 5.40. The first kappa shape index (κ1) is 13.8. The van der Waals surface area contributed by atoms with E-state index >= 15 is 0 Å². The Morgan fingerprint density at radius 1 is 1.05 bits per heavy atom. The molecular weight excluding hydrogens is 262 g/mol. The Bertz CT molecular complexity index is 579. The topological polar surface area (TPSA) is 41.6 Å². The average molecular weight is 281 g/mol. The molecule has 0 unspecified atom stereocenters. The highest BCUT2D eigenvalue weighted by Gasteiger charge is 2.33. The molecular formula is C18H19NO2. The van der Waals surface area contributed by atoms with Crippen molar-refractivity contribution in [2.45, 2.75) is 25.0 Å². The minimum absolute atomic E-state index is 0.0534. The normalized spacial score (nSPS) is 18.0. The van der Waals surface area contributed by atoms with E-state index in [1.807, 2.05) is 48.5 Å². The zero-order valence-corrected chi connectivity index (χ0v) is 11.9. The molecule has 1 heterocycles. The van der Waals surface area contributed by atoms with E-state index in [4.69, 9.17) is 4.74 Å². The summed E-state index contributed by atoms with van der Waals surface area (Å²) in [5, 5.41) is 3.11. The fourth-order valence-corrected chi connectivity index (χ4v) is 2.47. The molecule has 1 saturated heterocycles. The van der Waals surface area contributed by atoms with Gasteiger partial charge < -0.3 is 10.1 Å². The number of amides is 1. The number of carbonyl (C=O) groups is 1. The van der Waals surface area contributed by atoms with Crippen LogP contribution in [-0.2, 0) is 22.4 Å². The molecule has 21 heavy (non-hydrogen) atoms. The average Bonchev–Trinajstić information content (AvgIpc) is 3.33. The first-order valence-electron chi connectivity index (χ1n) is 7.30. The van der Waals surface area contributed by atoms with Gasteiger partial charge in [0.05, 0.1) is 19.1 Å². The summed E-state index contributed by atoms with van der Waals surface area (Å²) in [5.74, 6) is 0.0534. The lowest BCUT2D eigenvalue weighted by molar-refractivity contribution is -0.121. The van der Waals surface area contributed by atoms with Gasteiger partial charge in [0.1, 0.15) is 6.10 Å². The molecule has 0 spiro atoms. The van der Waals surface area contributed by atoms with Crippen LogP contribution in [0.1, 0.15) is 11.1 Å². The highest BCUT2D eigenvalue weighted by atomic mass is 16.6. The van der Waals surface area contributed by atoms with Crippen molar-refractivity contribution in [1.29, 1.82) is 0 Å². The monoisotopic (exact) mass is 281 g/mol. The van der Waals surface area contributed by atoms with Crippen LogP contribution >= 0.6 is 0 Å². The van der Waals surface area contributed by atoms with E-state index in [1.54, 1.807) is 0 Å². The highest BCUT2D eigenvalue weighted by molar-refractivity contribution is 5.79. The van der Waals surface area contributed by atoms with Crippen molar-refractivity contribution in [3.8, 4) is 0 Å². The molecule has 1 aliphatic heterocycles. The molecule has 3 heteroatoms. The molecule has 108 valence electrons. The van der Waals surface area contributed by atoms with Crippen molar-refractivity contribution in [3.05, 3.63) is 71.8 Å². The molecule has 3 nitrogen and oxygen atoms in total. The molecule has 3 rings (SSSR count). The third-order valence-electron chi connectivity index (χ3n) is 3.66. The summed E-state index contributed by atoms with van der Waals surface area (Å²) in [6.45, 7) is 0.739. The van der Waals surface area contributed by atoms with Crippen LogP contribution in [0.4, 0.5) is 0 Å². The second kappa shape index (κ2) is 6.55. The van der Waals surface area contributed by atoms with Crippen LogP contribution in [0.15, 0.2) is 60.7 Å². The molecule has 0 saturated carbocycles. The lowest BCUT2D eigenvalue weighted by Crippen LogP contribution is -2.41. The van der Waals surface area contributed by atoms with Gasteiger partial charge in [-0.3, -0.25) is 4.79 Å². The predicted molar refractivity (Wildman–Crippen MR) is 82.0 cm³/mol. The number of ether oxygens (including phenoxy) is 1. The van der Waals surface area contributed by atoms with E-state index in [9.17, 15) is 4.79 Å². The molecule has 1 N–H and O–H groups in total. The minimum Gasteiger partial charge on any atom is -0.371 e. The largest absolute Gasteiger partial charge is 0.371 e. The van der Waals surface area contributed by atoms with Crippen molar-refractivity contribution < 1.29 is 9.53 Å². The summed E-state index contributed by atoms with van der Waals surface area (Å²) in [6, 6.07) is 20.1. The summed E-state index contributed by atoms with van der Waals surface area (Å²) in [4.78, 5) is 12.2. The number of benzene rings is 2. The Labute approximate surface area is 124 Å². The van der Waals surface area contributed by atoms with E-state index in [0.717, 1.165) is 18.6 Å². The van der Waals surface area contributed by atoms with Gasteiger partial charge in [0.25, 0.3) is 0 Å². The van der Waals surface area contributed by atoms with Gasteiger partial charge >= 0.3 is 0 Å². The van der Waals surface area contributed by atoms with Crippen LogP contribution in [0.2, 0.25) is 0 Å². The highest BCUT2D eigenvalue weighted by Crippen LogP contribution is 2.18. The summed E-state index contributed by atoms with van der Waals surface area (Å²) >= 11 is 0. The molecule has 2 aromatic rings. The molecule has 0 radical (unpaired) electrons. The van der Waals surface area contributed by atoms with Gasteiger partial charge in [0.2, 0.25) is 5.91 Å². The molecule has 0 aliphatic carbocycles. The van der Waals surface area contributed by atoms with Crippen molar-refractivity contribution in [2.24, 2.45) is 0 Å². The van der Waals surface area contributed by atoms with Gasteiger partial charge in [-0.15, -0.1) is 0 Å². The van der Waals surface area contributed by atoms with Gasteiger partial charge in [-0.05, 0) is 17.5 Å². The SMILES string of the molecule is O=C(Cc1ccccc1)N[C@@H](Cc1ccccc1)[C@@H]1CO1. The zero-order chi connectivity index (χ0) is 14.5. The molecule has 1 amide bonds. The maximum atomic E-state index is 12.2. The van der Waals surface area contributed by atoms with Crippen molar-refractivity contribution in [1.82, 2.24) is 5.32 Å². The second-order valence-electron chi connectivity index (χ2n) is 5.40. The molecule has 2 aromatic carbocycles. The fourth-order valence-electron chi connectivity index (χ4n) is 2.47. The van der Waals surface area contributed by atoms with Crippen molar-refractivity contribution >= 4 is 5.91 Å². The predicted octanol–water partition coefficient (Wildman–Crippen LogP) is 2.36. The molecule has 0 bridgehead atoms. The van der Waals surface area contributed by atoms with Gasteiger partial charge in [-0.1, -0.05) is 60.7 Å². The van der Waals surface area contributed by atoms with Crippen LogP contribution in [0.5, 0.6) is 0 Å². The number of nitrogens with one attached hydrogen (secondary N) is 1. The maximum absolute atomic E-state index is 12.2. The van der Waals surface area contributed by atoms with E-state index in [1.165, 1.54) is 5.56 Å². The van der Waals surface area contributed by atoms with Crippen LogP contribution in [0.3, 0.4) is 0 Å². The number of hydrogen-bond donors (Lipinski definition) is 1. The van der Waals surface area contributed by atoms with Gasteiger partial charge in [-0.2, -0.15) is 0 Å². The quantitative estimate of drug-likeness (QED) is 0.826. The zero-order valence-electron chi connectivity index (χ0n) is 11.9. The van der Waals surface area contributed by atoms with Crippen molar-refractivity contribution in [2.75, 3.05) is 6.61 Å². The van der Waals surface area contributed by atoms with E-state index in [-0.39, 0.29) is 18.1 Å². The first-order chi connectivity index (χ1) is 10.3. The summed E-state index contributed by atoms with van der Waals surface area (Å²) in [6.07, 6.45) is 1.38. The van der Waals surface area contributed by atoms with E-state index < -0.39 is 0 Å². The standard InChI is InChI=1S/C18H19NO2/c20-18(12-15-9-5-2-6-10-15)19-16(17-13-21-17)11-14-7-3-1-4-8-14/h1-10,16-17H,11-13H2,(H,19,20)/t16-,17-/m0/s1. The lowest BCUT2D eigenvalue weighted by Gasteiger charge is -2.17. The third-order valence-corrected chi connectivity index (χ3v) is 3.66. The van der Waals surface area contributed by atoms with Crippen LogP contribution in [-0.4, -0.2) is 24.7 Å². The smallest absolute Gasteiger partial charge is 0.224 e. The Morgan fingerprint density at radius 3 is 2.19 bits per heavy atom. The molecule has 2 atom stereocenters. The van der Waals surface area contributed by atoms with Gasteiger partial charge in [0.15, 0.2) is 0 Å². The number of rotatable bonds is 6.